The van der Waals surface area contributed by atoms with Gasteiger partial charge in [-0.25, -0.2) is 0 Å². The molecule has 3 rings (SSSR count). The molecule has 0 aromatic heterocycles. The van der Waals surface area contributed by atoms with E-state index in [1.54, 1.807) is 25.1 Å². The fraction of sp³-hybridized carbons (Fsp3) is 0.250. The predicted molar refractivity (Wildman–Crippen MR) is 90.2 cm³/mol. The van der Waals surface area contributed by atoms with E-state index in [4.69, 9.17) is 0 Å². The molecule has 1 aliphatic rings. The molecule has 0 fully saturated rings. The summed E-state index contributed by atoms with van der Waals surface area (Å²) in [4.78, 5) is 0. The first kappa shape index (κ1) is 15.2. The van der Waals surface area contributed by atoms with E-state index in [0.717, 1.165) is 41.5 Å². The first-order chi connectivity index (χ1) is 11.0. The summed E-state index contributed by atoms with van der Waals surface area (Å²) >= 11 is 0. The van der Waals surface area contributed by atoms with Gasteiger partial charge in [0.25, 0.3) is 0 Å². The highest BCUT2D eigenvalue weighted by molar-refractivity contribution is 5.77. The molecule has 1 aliphatic carbocycles. The van der Waals surface area contributed by atoms with Crippen LogP contribution in [0.2, 0.25) is 0 Å². The minimum absolute atomic E-state index is 0.185. The van der Waals surface area contributed by atoms with Gasteiger partial charge in [0.2, 0.25) is 0 Å². The smallest absolute Gasteiger partial charge is 0.120 e. The summed E-state index contributed by atoms with van der Waals surface area (Å²) in [5.74, 6) is 0.715. The van der Waals surface area contributed by atoms with Crippen LogP contribution in [-0.4, -0.2) is 10.2 Å². The number of phenols is 2. The van der Waals surface area contributed by atoms with E-state index < -0.39 is 0 Å². The Kier molecular flexibility index (Phi) is 3.83. The molecule has 0 saturated carbocycles. The second-order valence-electron chi connectivity index (χ2n) is 6.17. The molecule has 2 aromatic rings. The van der Waals surface area contributed by atoms with Crippen molar-refractivity contribution in [1.29, 1.82) is 5.26 Å². The van der Waals surface area contributed by atoms with Crippen molar-refractivity contribution < 1.29 is 10.2 Å². The second kappa shape index (κ2) is 5.81. The lowest BCUT2D eigenvalue weighted by Gasteiger charge is -2.29. The number of aryl methyl sites for hydroxylation is 1. The predicted octanol–water partition coefficient (Wildman–Crippen LogP) is 4.10. The van der Waals surface area contributed by atoms with Crippen LogP contribution in [0.5, 0.6) is 11.5 Å². The van der Waals surface area contributed by atoms with E-state index in [1.165, 1.54) is 0 Å². The van der Waals surface area contributed by atoms with E-state index in [2.05, 4.69) is 12.6 Å². The lowest BCUT2D eigenvalue weighted by Crippen LogP contribution is -2.17. The highest BCUT2D eigenvalue weighted by Gasteiger charge is 2.27. The topological polar surface area (TPSA) is 64.2 Å². The molecule has 1 unspecified atom stereocenters. The number of fused-ring (bicyclic) bond motifs is 1. The Balaban J connectivity index is 1.96. The number of rotatable bonds is 2. The number of nitrogens with zero attached hydrogens (tertiary/aromatic N) is 1. The van der Waals surface area contributed by atoms with Gasteiger partial charge < -0.3 is 10.2 Å². The Morgan fingerprint density at radius 2 is 1.96 bits per heavy atom. The molecule has 23 heavy (non-hydrogen) atoms. The molecular weight excluding hydrogens is 286 g/mol. The van der Waals surface area contributed by atoms with E-state index >= 15 is 0 Å². The average Bonchev–Trinajstić information content (AvgIpc) is 2.54. The van der Waals surface area contributed by atoms with Gasteiger partial charge in [0.05, 0.1) is 5.56 Å². The van der Waals surface area contributed by atoms with Crippen molar-refractivity contribution in [2.75, 3.05) is 0 Å². The SMILES string of the molecule is C=C1c2c(cc(O)c(C)c2C#N)CCC1Cc1ccc(O)cc1. The third kappa shape index (κ3) is 2.68. The normalized spacial score (nSPS) is 16.7. The number of allylic oxidation sites excluding steroid dienone is 1. The van der Waals surface area contributed by atoms with Crippen LogP contribution in [0.25, 0.3) is 5.57 Å². The Hall–Kier alpha value is -2.73. The number of nitriles is 1. The number of aromatic hydroxyl groups is 2. The maximum atomic E-state index is 10.00. The molecule has 2 N–H and O–H groups in total. The lowest BCUT2D eigenvalue weighted by molar-refractivity contribution is 0.468. The van der Waals surface area contributed by atoms with Crippen LogP contribution >= 0.6 is 0 Å². The quantitative estimate of drug-likeness (QED) is 0.878. The van der Waals surface area contributed by atoms with Gasteiger partial charge in [-0.2, -0.15) is 5.26 Å². The zero-order valence-electron chi connectivity index (χ0n) is 13.1. The van der Waals surface area contributed by atoms with E-state index in [0.29, 0.717) is 11.1 Å². The van der Waals surface area contributed by atoms with Gasteiger partial charge >= 0.3 is 0 Å². The van der Waals surface area contributed by atoms with Crippen LogP contribution in [0, 0.1) is 24.2 Å². The Labute approximate surface area is 136 Å². The van der Waals surface area contributed by atoms with E-state index in [9.17, 15) is 15.5 Å². The zero-order valence-corrected chi connectivity index (χ0v) is 13.1. The van der Waals surface area contributed by atoms with Crippen LogP contribution in [0.1, 0.15) is 34.2 Å². The van der Waals surface area contributed by atoms with Gasteiger partial charge in [-0.15, -0.1) is 0 Å². The molecule has 0 saturated heterocycles. The van der Waals surface area contributed by atoms with Crippen molar-refractivity contribution in [2.45, 2.75) is 26.2 Å². The first-order valence-corrected chi connectivity index (χ1v) is 7.74. The van der Waals surface area contributed by atoms with Gasteiger partial charge in [-0.05, 0) is 72.6 Å². The van der Waals surface area contributed by atoms with Crippen LogP contribution in [0.15, 0.2) is 36.9 Å². The molecule has 0 radical (unpaired) electrons. The average molecular weight is 305 g/mol. The molecule has 116 valence electrons. The molecule has 3 heteroatoms. The van der Waals surface area contributed by atoms with Crippen LogP contribution in [0.4, 0.5) is 0 Å². The summed E-state index contributed by atoms with van der Waals surface area (Å²) in [5, 5.41) is 28.9. The van der Waals surface area contributed by atoms with Crippen molar-refractivity contribution in [3.05, 3.63) is 64.7 Å². The molecule has 0 bridgehead atoms. The Bertz CT molecular complexity index is 813. The summed E-state index contributed by atoms with van der Waals surface area (Å²) in [6, 6.07) is 11.2. The number of benzene rings is 2. The van der Waals surface area contributed by atoms with Crippen molar-refractivity contribution in [1.82, 2.24) is 0 Å². The van der Waals surface area contributed by atoms with Crippen LogP contribution < -0.4 is 0 Å². The minimum atomic E-state index is 0.185. The molecule has 2 aromatic carbocycles. The summed E-state index contributed by atoms with van der Waals surface area (Å²) < 4.78 is 0. The van der Waals surface area contributed by atoms with Crippen molar-refractivity contribution in [3.8, 4) is 17.6 Å². The van der Waals surface area contributed by atoms with Crippen molar-refractivity contribution in [3.63, 3.8) is 0 Å². The number of hydrogen-bond acceptors (Lipinski definition) is 3. The summed E-state index contributed by atoms with van der Waals surface area (Å²) in [6.45, 7) is 6.02. The second-order valence-corrected chi connectivity index (χ2v) is 6.17. The molecule has 0 heterocycles. The monoisotopic (exact) mass is 305 g/mol. The molecule has 0 spiro atoms. The van der Waals surface area contributed by atoms with Gasteiger partial charge in [0.1, 0.15) is 17.6 Å². The number of hydrogen-bond donors (Lipinski definition) is 2. The van der Waals surface area contributed by atoms with Crippen molar-refractivity contribution in [2.24, 2.45) is 5.92 Å². The highest BCUT2D eigenvalue weighted by atomic mass is 16.3. The summed E-state index contributed by atoms with van der Waals surface area (Å²) in [5.41, 5.74) is 5.21. The highest BCUT2D eigenvalue weighted by Crippen LogP contribution is 2.41. The molecule has 0 aliphatic heterocycles. The maximum Gasteiger partial charge on any atom is 0.120 e. The Morgan fingerprint density at radius 3 is 2.61 bits per heavy atom. The fourth-order valence-corrected chi connectivity index (χ4v) is 3.38. The molecule has 3 nitrogen and oxygen atoms in total. The van der Waals surface area contributed by atoms with Crippen LogP contribution in [0.3, 0.4) is 0 Å². The van der Waals surface area contributed by atoms with Crippen molar-refractivity contribution >= 4 is 5.57 Å². The standard InChI is InChI=1S/C20H19NO2/c1-12-15(9-14-3-7-17(22)8-4-14)5-6-16-10-19(23)13(2)18(11-21)20(12)16/h3-4,7-8,10,15,22-23H,1,5-6,9H2,2H3. The van der Waals surface area contributed by atoms with Crippen LogP contribution in [-0.2, 0) is 12.8 Å². The third-order valence-corrected chi connectivity index (χ3v) is 4.75. The number of phenolic OH excluding ortho intramolecular Hbond substituents is 2. The summed E-state index contributed by atoms with van der Waals surface area (Å²) in [6.07, 6.45) is 2.61. The Morgan fingerprint density at radius 1 is 1.26 bits per heavy atom. The maximum absolute atomic E-state index is 10.00. The van der Waals surface area contributed by atoms with Gasteiger partial charge in [0.15, 0.2) is 0 Å². The third-order valence-electron chi connectivity index (χ3n) is 4.75. The lowest BCUT2D eigenvalue weighted by atomic mass is 9.75. The van der Waals surface area contributed by atoms with E-state index in [-0.39, 0.29) is 17.4 Å². The molecular formula is C20H19NO2. The molecule has 0 amide bonds. The first-order valence-electron chi connectivity index (χ1n) is 7.74. The zero-order chi connectivity index (χ0) is 16.6. The molecule has 1 atom stereocenters. The summed E-state index contributed by atoms with van der Waals surface area (Å²) in [7, 11) is 0. The van der Waals surface area contributed by atoms with Gasteiger partial charge in [0, 0.05) is 5.56 Å². The largest absolute Gasteiger partial charge is 0.508 e. The van der Waals surface area contributed by atoms with Gasteiger partial charge in [-0.1, -0.05) is 18.7 Å². The van der Waals surface area contributed by atoms with E-state index in [1.807, 2.05) is 12.1 Å². The van der Waals surface area contributed by atoms with Gasteiger partial charge in [-0.3, -0.25) is 0 Å². The minimum Gasteiger partial charge on any atom is -0.508 e. The fourth-order valence-electron chi connectivity index (χ4n) is 3.38.